The molecule has 0 unspecified atom stereocenters. The lowest BCUT2D eigenvalue weighted by Gasteiger charge is -2.34. The Balaban J connectivity index is 1.28. The molecule has 7 heteroatoms. The molecule has 4 rings (SSSR count). The maximum Gasteiger partial charge on any atom is 0.264 e. The van der Waals surface area contributed by atoms with Crippen LogP contribution in [0.5, 0.6) is 5.75 Å². The van der Waals surface area contributed by atoms with Crippen molar-refractivity contribution >= 4 is 28.8 Å². The Kier molecular flexibility index (Phi) is 7.13. The Morgan fingerprint density at radius 2 is 1.84 bits per heavy atom. The molecule has 1 aliphatic rings. The number of aryl methyl sites for hydroxylation is 2. The zero-order chi connectivity index (χ0) is 22.7. The number of carbonyl (C=O) groups is 1. The van der Waals surface area contributed by atoms with Crippen molar-refractivity contribution in [3.8, 4) is 5.75 Å². The van der Waals surface area contributed by atoms with Gasteiger partial charge in [0.2, 0.25) is 0 Å². The summed E-state index contributed by atoms with van der Waals surface area (Å²) in [5.41, 5.74) is 4.34. The number of hydrogen-bond donors (Lipinski definition) is 0. The maximum atomic E-state index is 13.2. The van der Waals surface area contributed by atoms with Gasteiger partial charge in [-0.2, -0.15) is 0 Å². The van der Waals surface area contributed by atoms with Crippen LogP contribution in [0.3, 0.4) is 0 Å². The first kappa shape index (κ1) is 22.8. The van der Waals surface area contributed by atoms with E-state index < -0.39 is 0 Å². The van der Waals surface area contributed by atoms with Gasteiger partial charge in [-0.15, -0.1) is 11.3 Å². The van der Waals surface area contributed by atoms with Crippen molar-refractivity contribution in [3.63, 3.8) is 0 Å². The van der Waals surface area contributed by atoms with Crippen LogP contribution < -0.4 is 4.74 Å². The summed E-state index contributed by atoms with van der Waals surface area (Å²) in [5.74, 6) is 0.570. The monoisotopic (exact) mass is 472 g/mol. The van der Waals surface area contributed by atoms with E-state index in [1.807, 2.05) is 28.5 Å². The van der Waals surface area contributed by atoms with Crippen LogP contribution in [-0.2, 0) is 13.2 Å². The molecule has 2 heterocycles. The lowest BCUT2D eigenvalue weighted by atomic mass is 10.1. The number of hydrogen-bond acceptors (Lipinski definition) is 4. The minimum absolute atomic E-state index is 0.0619. The Hall–Kier alpha value is -2.41. The molecule has 32 heavy (non-hydrogen) atoms. The normalized spacial score (nSPS) is 14.6. The van der Waals surface area contributed by atoms with E-state index in [4.69, 9.17) is 16.3 Å². The summed E-state index contributed by atoms with van der Waals surface area (Å²) in [5, 5.41) is 2.43. The molecule has 2 aromatic carbocycles. The lowest BCUT2D eigenvalue weighted by molar-refractivity contribution is 0.0633. The molecule has 1 saturated heterocycles. The summed E-state index contributed by atoms with van der Waals surface area (Å²) in [7, 11) is 0. The average Bonchev–Trinajstić information content (AvgIpc) is 3.26. The third-order valence-corrected chi connectivity index (χ3v) is 7.14. The highest BCUT2D eigenvalue weighted by Gasteiger charge is 2.23. The molecule has 1 amide bonds. The molecule has 0 radical (unpaired) electrons. The molecular weight excluding hydrogens is 447 g/mol. The predicted molar refractivity (Wildman–Crippen MR) is 127 cm³/mol. The molecule has 1 aromatic heterocycles. The van der Waals surface area contributed by atoms with Gasteiger partial charge in [-0.05, 0) is 66.2 Å². The number of halogens is 2. The first-order valence-corrected chi connectivity index (χ1v) is 11.9. The van der Waals surface area contributed by atoms with Crippen molar-refractivity contribution in [2.24, 2.45) is 0 Å². The van der Waals surface area contributed by atoms with E-state index in [-0.39, 0.29) is 11.7 Å². The Morgan fingerprint density at radius 1 is 1.06 bits per heavy atom. The topological polar surface area (TPSA) is 32.8 Å². The first-order chi connectivity index (χ1) is 15.4. The highest BCUT2D eigenvalue weighted by molar-refractivity contribution is 7.12. The minimum Gasteiger partial charge on any atom is -0.489 e. The van der Waals surface area contributed by atoms with E-state index >= 15 is 0 Å². The summed E-state index contributed by atoms with van der Waals surface area (Å²) in [6.07, 6.45) is 0. The largest absolute Gasteiger partial charge is 0.489 e. The van der Waals surface area contributed by atoms with E-state index in [1.165, 1.54) is 34.6 Å². The summed E-state index contributed by atoms with van der Waals surface area (Å²) in [6, 6.07) is 12.5. The zero-order valence-corrected chi connectivity index (χ0v) is 19.8. The second-order valence-electron chi connectivity index (χ2n) is 8.16. The van der Waals surface area contributed by atoms with Gasteiger partial charge in [0.25, 0.3) is 5.91 Å². The molecule has 0 atom stereocenters. The predicted octanol–water partition coefficient (Wildman–Crippen LogP) is 5.69. The summed E-state index contributed by atoms with van der Waals surface area (Å²) < 4.78 is 19.1. The van der Waals surface area contributed by atoms with Crippen molar-refractivity contribution in [1.82, 2.24) is 9.80 Å². The molecule has 0 bridgehead atoms. The van der Waals surface area contributed by atoms with E-state index in [0.29, 0.717) is 31.3 Å². The first-order valence-electron chi connectivity index (χ1n) is 10.6. The van der Waals surface area contributed by atoms with Crippen molar-refractivity contribution < 1.29 is 13.9 Å². The van der Waals surface area contributed by atoms with Crippen molar-refractivity contribution in [2.45, 2.75) is 27.0 Å². The smallest absolute Gasteiger partial charge is 0.264 e. The average molecular weight is 473 g/mol. The van der Waals surface area contributed by atoms with Gasteiger partial charge in [0.15, 0.2) is 0 Å². The van der Waals surface area contributed by atoms with Crippen LogP contribution in [0.1, 0.15) is 31.9 Å². The van der Waals surface area contributed by atoms with Crippen LogP contribution in [0.15, 0.2) is 47.8 Å². The molecule has 1 aliphatic heterocycles. The fourth-order valence-electron chi connectivity index (χ4n) is 3.69. The van der Waals surface area contributed by atoms with Gasteiger partial charge in [0.1, 0.15) is 18.2 Å². The van der Waals surface area contributed by atoms with Crippen molar-refractivity contribution in [1.29, 1.82) is 0 Å². The van der Waals surface area contributed by atoms with Gasteiger partial charge in [0.05, 0.1) is 4.88 Å². The molecule has 0 saturated carbocycles. The Bertz CT molecular complexity index is 1110. The van der Waals surface area contributed by atoms with Gasteiger partial charge in [-0.25, -0.2) is 4.39 Å². The van der Waals surface area contributed by atoms with Gasteiger partial charge in [0, 0.05) is 43.3 Å². The van der Waals surface area contributed by atoms with Crippen molar-refractivity contribution in [3.05, 3.63) is 85.8 Å². The molecule has 168 valence electrons. The Labute approximate surface area is 197 Å². The summed E-state index contributed by atoms with van der Waals surface area (Å²) >= 11 is 7.61. The highest BCUT2D eigenvalue weighted by atomic mass is 35.5. The van der Waals surface area contributed by atoms with Crippen LogP contribution in [0.25, 0.3) is 0 Å². The third-order valence-electron chi connectivity index (χ3n) is 5.82. The van der Waals surface area contributed by atoms with Crippen molar-refractivity contribution in [2.75, 3.05) is 26.2 Å². The fourth-order valence-corrected chi connectivity index (χ4v) is 4.78. The maximum absolute atomic E-state index is 13.2. The quantitative estimate of drug-likeness (QED) is 0.461. The van der Waals surface area contributed by atoms with Gasteiger partial charge < -0.3 is 9.64 Å². The SMILES string of the molecule is Cc1ccc(OCc2csc(C(=O)N3CCN(Cc4ccc(F)cc4Cl)CC3)c2)cc1C. The van der Waals surface area contributed by atoms with E-state index in [0.717, 1.165) is 34.8 Å². The number of benzene rings is 2. The molecule has 1 fully saturated rings. The summed E-state index contributed by atoms with van der Waals surface area (Å²) in [4.78, 5) is 17.8. The molecule has 0 spiro atoms. The molecule has 3 aromatic rings. The number of piperazine rings is 1. The van der Waals surface area contributed by atoms with E-state index in [2.05, 4.69) is 24.8 Å². The molecular formula is C25H26ClFN2O2S. The molecule has 0 N–H and O–H groups in total. The number of ether oxygens (including phenoxy) is 1. The third kappa shape index (κ3) is 5.49. The zero-order valence-electron chi connectivity index (χ0n) is 18.2. The lowest BCUT2D eigenvalue weighted by Crippen LogP contribution is -2.48. The second-order valence-corrected chi connectivity index (χ2v) is 9.48. The minimum atomic E-state index is -0.330. The van der Waals surface area contributed by atoms with Crippen LogP contribution in [-0.4, -0.2) is 41.9 Å². The second kappa shape index (κ2) is 10.0. The Morgan fingerprint density at radius 3 is 2.56 bits per heavy atom. The van der Waals surface area contributed by atoms with Gasteiger partial charge >= 0.3 is 0 Å². The number of nitrogens with zero attached hydrogens (tertiary/aromatic N) is 2. The standard InChI is InChI=1S/C25H26ClFN2O2S/c1-17-3-6-22(11-18(17)2)31-15-19-12-24(32-16-19)25(30)29-9-7-28(8-10-29)14-20-4-5-21(27)13-23(20)26/h3-6,11-13,16H,7-10,14-15H2,1-2H3. The van der Waals surface area contributed by atoms with Crippen LogP contribution in [0.4, 0.5) is 4.39 Å². The van der Waals surface area contributed by atoms with E-state index in [1.54, 1.807) is 6.07 Å². The van der Waals surface area contributed by atoms with Crippen LogP contribution >= 0.6 is 22.9 Å². The summed E-state index contributed by atoms with van der Waals surface area (Å²) in [6.45, 7) is 8.07. The molecule has 0 aliphatic carbocycles. The fraction of sp³-hybridized carbons (Fsp3) is 0.320. The molecule has 4 nitrogen and oxygen atoms in total. The van der Waals surface area contributed by atoms with E-state index in [9.17, 15) is 9.18 Å². The van der Waals surface area contributed by atoms with Gasteiger partial charge in [-0.3, -0.25) is 9.69 Å². The van der Waals surface area contributed by atoms with Crippen LogP contribution in [0, 0.1) is 19.7 Å². The number of thiophene rings is 1. The number of carbonyl (C=O) groups excluding carboxylic acids is 1. The number of amides is 1. The highest BCUT2D eigenvalue weighted by Crippen LogP contribution is 2.23. The number of rotatable bonds is 6. The van der Waals surface area contributed by atoms with Crippen LogP contribution in [0.2, 0.25) is 5.02 Å². The van der Waals surface area contributed by atoms with Gasteiger partial charge in [-0.1, -0.05) is 23.7 Å².